The summed E-state index contributed by atoms with van der Waals surface area (Å²) >= 11 is 0. The third-order valence-electron chi connectivity index (χ3n) is 6.75. The number of imidazole rings is 1. The van der Waals surface area contributed by atoms with Gasteiger partial charge in [-0.25, -0.2) is 13.8 Å². The molecule has 0 spiro atoms. The van der Waals surface area contributed by atoms with Crippen LogP contribution < -0.4 is 9.64 Å². The van der Waals surface area contributed by atoms with Crippen molar-refractivity contribution in [1.82, 2.24) is 19.3 Å². The zero-order valence-corrected chi connectivity index (χ0v) is 19.9. The third kappa shape index (κ3) is 4.16. The summed E-state index contributed by atoms with van der Waals surface area (Å²) < 4.78 is 65.2. The van der Waals surface area contributed by atoms with Crippen molar-refractivity contribution in [2.24, 2.45) is 7.05 Å². The molecule has 0 N–H and O–H groups in total. The fraction of sp³-hybridized carbons (Fsp3) is 0.259. The number of alkyl halides is 3. The Morgan fingerprint density at radius 1 is 1.00 bits per heavy atom. The van der Waals surface area contributed by atoms with Crippen LogP contribution in [0.1, 0.15) is 13.0 Å². The summed E-state index contributed by atoms with van der Waals surface area (Å²) in [6, 6.07) is 18.2. The first-order valence-electron chi connectivity index (χ1n) is 11.9. The van der Waals surface area contributed by atoms with E-state index >= 15 is 4.39 Å². The highest BCUT2D eigenvalue weighted by atomic mass is 19.3. The second kappa shape index (κ2) is 9.10. The number of rotatable bonds is 5. The predicted molar refractivity (Wildman–Crippen MR) is 133 cm³/mol. The molecule has 0 saturated carbocycles. The van der Waals surface area contributed by atoms with Crippen molar-refractivity contribution in [3.05, 3.63) is 72.5 Å². The van der Waals surface area contributed by atoms with Crippen LogP contribution in [-0.4, -0.2) is 44.7 Å². The van der Waals surface area contributed by atoms with Crippen LogP contribution in [0, 0.1) is 5.82 Å². The molecule has 1 saturated heterocycles. The number of hydrogen-bond acceptors (Lipinski definition) is 4. The van der Waals surface area contributed by atoms with E-state index in [0.717, 1.165) is 15.5 Å². The van der Waals surface area contributed by atoms with Gasteiger partial charge < -0.3 is 9.64 Å². The predicted octanol–water partition coefficient (Wildman–Crippen LogP) is 6.12. The molecule has 10 heteroatoms. The average molecular weight is 510 g/mol. The molecule has 0 unspecified atom stereocenters. The van der Waals surface area contributed by atoms with Gasteiger partial charge in [0.15, 0.2) is 6.17 Å². The molecule has 1 aliphatic rings. The summed E-state index contributed by atoms with van der Waals surface area (Å²) in [7, 11) is 1.78. The van der Waals surface area contributed by atoms with Gasteiger partial charge >= 0.3 is 6.55 Å². The average Bonchev–Trinajstić information content (AvgIpc) is 3.43. The van der Waals surface area contributed by atoms with E-state index in [9.17, 15) is 13.2 Å². The van der Waals surface area contributed by atoms with Crippen LogP contribution in [-0.2, 0) is 7.05 Å². The summed E-state index contributed by atoms with van der Waals surface area (Å²) in [5.74, 6) is 0.182. The van der Waals surface area contributed by atoms with Gasteiger partial charge in [0.2, 0.25) is 5.95 Å². The van der Waals surface area contributed by atoms with E-state index in [1.54, 1.807) is 65.2 Å². The lowest BCUT2D eigenvalue weighted by Crippen LogP contribution is -2.48. The topological polar surface area (TPSA) is 48.1 Å². The number of para-hydroxylation sites is 2. The van der Waals surface area contributed by atoms with Crippen molar-refractivity contribution in [3.8, 4) is 17.0 Å². The van der Waals surface area contributed by atoms with Crippen molar-refractivity contribution in [2.75, 3.05) is 18.0 Å². The molecule has 6 rings (SSSR count). The molecular weight excluding hydrogens is 486 g/mol. The smallest absolute Gasteiger partial charge is 0.321 e. The molecule has 1 fully saturated rings. The second-order valence-corrected chi connectivity index (χ2v) is 9.12. The SMILES string of the molecule is Cn1nc(-c2cccc(F)c2)c2ccc(O[C@@H]3CCN(c4nc5ccccc5n4C(F)F)C[C@H]3F)cc21. The molecule has 0 amide bonds. The largest absolute Gasteiger partial charge is 0.487 e. The summed E-state index contributed by atoms with van der Waals surface area (Å²) in [5.41, 5.74) is 2.81. The Morgan fingerprint density at radius 3 is 2.62 bits per heavy atom. The first kappa shape index (κ1) is 23.3. The van der Waals surface area contributed by atoms with E-state index in [2.05, 4.69) is 10.1 Å². The number of halogens is 4. The van der Waals surface area contributed by atoms with Gasteiger partial charge in [-0.3, -0.25) is 9.25 Å². The van der Waals surface area contributed by atoms with Crippen LogP contribution in [0.3, 0.4) is 0 Å². The monoisotopic (exact) mass is 509 g/mol. The van der Waals surface area contributed by atoms with Crippen molar-refractivity contribution in [1.29, 1.82) is 0 Å². The standard InChI is InChI=1S/C27H23F4N5O/c1-34-23-14-18(9-10-19(23)25(33-34)16-5-4-6-17(28)13-16)37-24-11-12-35(15-20(24)29)27-32-21-7-2-3-8-22(21)36(27)26(30)31/h2-10,13-14,20,24,26H,11-12,15H2,1H3/t20-,24-/m1/s1. The molecule has 6 nitrogen and oxygen atoms in total. The quantitative estimate of drug-likeness (QED) is 0.268. The van der Waals surface area contributed by atoms with Gasteiger partial charge in [-0.05, 0) is 36.4 Å². The molecular formula is C27H23F4N5O. The highest BCUT2D eigenvalue weighted by molar-refractivity contribution is 5.94. The Hall–Kier alpha value is -4.08. The van der Waals surface area contributed by atoms with E-state index in [4.69, 9.17) is 4.74 Å². The lowest BCUT2D eigenvalue weighted by Gasteiger charge is -2.35. The maximum atomic E-state index is 15.3. The summed E-state index contributed by atoms with van der Waals surface area (Å²) in [5, 5.41) is 5.35. The lowest BCUT2D eigenvalue weighted by molar-refractivity contribution is 0.0690. The maximum absolute atomic E-state index is 15.3. The Bertz CT molecular complexity index is 1600. The van der Waals surface area contributed by atoms with Crippen LogP contribution in [0.2, 0.25) is 0 Å². The fourth-order valence-corrected chi connectivity index (χ4v) is 4.98. The number of fused-ring (bicyclic) bond motifs is 2. The molecule has 190 valence electrons. The van der Waals surface area contributed by atoms with Crippen molar-refractivity contribution in [2.45, 2.75) is 25.2 Å². The normalized spacial score (nSPS) is 18.3. The maximum Gasteiger partial charge on any atom is 0.321 e. The minimum absolute atomic E-state index is 0.0542. The van der Waals surface area contributed by atoms with E-state index in [1.165, 1.54) is 12.1 Å². The lowest BCUT2D eigenvalue weighted by atomic mass is 10.1. The summed E-state index contributed by atoms with van der Waals surface area (Å²) in [6.07, 6.45) is -1.86. The zero-order valence-electron chi connectivity index (χ0n) is 19.9. The number of benzene rings is 3. The second-order valence-electron chi connectivity index (χ2n) is 9.12. The minimum atomic E-state index is -2.79. The highest BCUT2D eigenvalue weighted by Crippen LogP contribution is 2.34. The number of hydrogen-bond donors (Lipinski definition) is 0. The zero-order chi connectivity index (χ0) is 25.7. The molecule has 1 aliphatic heterocycles. The van der Waals surface area contributed by atoms with Crippen molar-refractivity contribution >= 4 is 27.9 Å². The number of aromatic nitrogens is 4. The molecule has 0 aliphatic carbocycles. The number of anilines is 1. The molecule has 5 aromatic rings. The van der Waals surface area contributed by atoms with Gasteiger partial charge in [-0.1, -0.05) is 24.3 Å². The van der Waals surface area contributed by atoms with Crippen LogP contribution in [0.4, 0.5) is 23.5 Å². The number of piperidine rings is 1. The molecule has 37 heavy (non-hydrogen) atoms. The van der Waals surface area contributed by atoms with Gasteiger partial charge in [-0.2, -0.15) is 13.9 Å². The Morgan fingerprint density at radius 2 is 1.84 bits per heavy atom. The van der Waals surface area contributed by atoms with Gasteiger partial charge in [0.1, 0.15) is 23.4 Å². The number of nitrogens with zero attached hydrogens (tertiary/aromatic N) is 5. The van der Waals surface area contributed by atoms with E-state index in [-0.39, 0.29) is 18.3 Å². The van der Waals surface area contributed by atoms with E-state index in [0.29, 0.717) is 41.0 Å². The van der Waals surface area contributed by atoms with Gasteiger partial charge in [0, 0.05) is 37.0 Å². The molecule has 3 aromatic carbocycles. The summed E-state index contributed by atoms with van der Waals surface area (Å²) in [6.45, 7) is -2.59. The van der Waals surface area contributed by atoms with Gasteiger partial charge in [0.05, 0.1) is 23.1 Å². The fourth-order valence-electron chi connectivity index (χ4n) is 4.98. The Balaban J connectivity index is 1.22. The summed E-state index contributed by atoms with van der Waals surface area (Å²) in [4.78, 5) is 5.89. The van der Waals surface area contributed by atoms with Crippen molar-refractivity contribution in [3.63, 3.8) is 0 Å². The Labute approximate surface area is 209 Å². The molecule has 0 bridgehead atoms. The van der Waals surface area contributed by atoms with Gasteiger partial charge in [0.25, 0.3) is 0 Å². The molecule has 2 aromatic heterocycles. The van der Waals surface area contributed by atoms with Crippen LogP contribution in [0.25, 0.3) is 33.2 Å². The Kier molecular flexibility index (Phi) is 5.73. The minimum Gasteiger partial charge on any atom is -0.487 e. The van der Waals surface area contributed by atoms with E-state index in [1.807, 2.05) is 6.07 Å². The van der Waals surface area contributed by atoms with Crippen LogP contribution in [0.5, 0.6) is 5.75 Å². The number of ether oxygens (including phenoxy) is 1. The van der Waals surface area contributed by atoms with Gasteiger partial charge in [-0.15, -0.1) is 0 Å². The van der Waals surface area contributed by atoms with E-state index < -0.39 is 18.8 Å². The molecule has 2 atom stereocenters. The van der Waals surface area contributed by atoms with Crippen LogP contribution >= 0.6 is 0 Å². The first-order chi connectivity index (χ1) is 17.9. The third-order valence-corrected chi connectivity index (χ3v) is 6.75. The highest BCUT2D eigenvalue weighted by Gasteiger charge is 2.34. The number of aryl methyl sites for hydroxylation is 1. The van der Waals surface area contributed by atoms with Crippen LogP contribution in [0.15, 0.2) is 66.7 Å². The van der Waals surface area contributed by atoms with Crippen molar-refractivity contribution < 1.29 is 22.3 Å². The molecule has 0 radical (unpaired) electrons. The first-order valence-corrected chi connectivity index (χ1v) is 11.9. The molecule has 3 heterocycles.